The number of rotatable bonds is 2. The van der Waals surface area contributed by atoms with Gasteiger partial charge >= 0.3 is 6.18 Å². The summed E-state index contributed by atoms with van der Waals surface area (Å²) in [6.07, 6.45) is -4.70. The smallest absolute Gasteiger partial charge is 0.316 e. The molecule has 1 heterocycles. The van der Waals surface area contributed by atoms with Crippen LogP contribution in [0.4, 0.5) is 13.2 Å². The molecule has 0 fully saturated rings. The average Bonchev–Trinajstić information content (AvgIpc) is 2.14. The van der Waals surface area contributed by atoms with Crippen LogP contribution in [0.25, 0.3) is 0 Å². The van der Waals surface area contributed by atoms with Crippen LogP contribution >= 0.6 is 11.8 Å². The standard InChI is InChI=1S/C10H9F3N2OS/c1-5(2)17-9-6(4-14)7(10(11,12)13)3-8(16)15-9/h3,5H,1-2H3,(H,15,16). The second-order valence-corrected chi connectivity index (χ2v) is 5.11. The number of hydrogen-bond acceptors (Lipinski definition) is 3. The van der Waals surface area contributed by atoms with Gasteiger partial charge in [0.25, 0.3) is 0 Å². The lowest BCUT2D eigenvalue weighted by Gasteiger charge is -2.12. The van der Waals surface area contributed by atoms with Crippen LogP contribution in [-0.4, -0.2) is 10.2 Å². The maximum atomic E-state index is 12.6. The number of halogens is 3. The fourth-order valence-corrected chi connectivity index (χ4v) is 2.10. The Morgan fingerprint density at radius 2 is 2.06 bits per heavy atom. The molecule has 0 spiro atoms. The molecular weight excluding hydrogens is 253 g/mol. The predicted octanol–water partition coefficient (Wildman–Crippen LogP) is 2.77. The van der Waals surface area contributed by atoms with Crippen LogP contribution in [0.2, 0.25) is 0 Å². The predicted molar refractivity (Wildman–Crippen MR) is 57.8 cm³/mol. The molecule has 0 aliphatic carbocycles. The van der Waals surface area contributed by atoms with Crippen molar-refractivity contribution >= 4 is 11.8 Å². The largest absolute Gasteiger partial charge is 0.417 e. The molecule has 0 radical (unpaired) electrons. The topological polar surface area (TPSA) is 56.6 Å². The van der Waals surface area contributed by atoms with Crippen molar-refractivity contribution in [2.24, 2.45) is 0 Å². The van der Waals surface area contributed by atoms with Gasteiger partial charge in [0.15, 0.2) is 0 Å². The number of thioether (sulfide) groups is 1. The van der Waals surface area contributed by atoms with Gasteiger partial charge in [-0.1, -0.05) is 13.8 Å². The lowest BCUT2D eigenvalue weighted by atomic mass is 10.1. The van der Waals surface area contributed by atoms with Crippen molar-refractivity contribution < 1.29 is 13.2 Å². The minimum absolute atomic E-state index is 0.0395. The molecule has 17 heavy (non-hydrogen) atoms. The van der Waals surface area contributed by atoms with E-state index >= 15 is 0 Å². The fraction of sp³-hybridized carbons (Fsp3) is 0.400. The van der Waals surface area contributed by atoms with Gasteiger partial charge in [0.05, 0.1) is 16.2 Å². The number of nitrogens with zero attached hydrogens (tertiary/aromatic N) is 1. The van der Waals surface area contributed by atoms with E-state index in [0.29, 0.717) is 6.07 Å². The molecule has 1 aromatic rings. The van der Waals surface area contributed by atoms with Gasteiger partial charge in [0.1, 0.15) is 6.07 Å². The van der Waals surface area contributed by atoms with Crippen molar-refractivity contribution in [1.82, 2.24) is 4.98 Å². The number of nitriles is 1. The summed E-state index contributed by atoms with van der Waals surface area (Å²) < 4.78 is 37.9. The Kier molecular flexibility index (Phi) is 3.88. The number of alkyl halides is 3. The number of pyridine rings is 1. The first-order valence-electron chi connectivity index (χ1n) is 4.67. The highest BCUT2D eigenvalue weighted by Crippen LogP contribution is 2.34. The molecule has 7 heteroatoms. The maximum Gasteiger partial charge on any atom is 0.417 e. The summed E-state index contributed by atoms with van der Waals surface area (Å²) in [5.74, 6) is 0. The van der Waals surface area contributed by atoms with Crippen LogP contribution in [0.5, 0.6) is 0 Å². The summed E-state index contributed by atoms with van der Waals surface area (Å²) in [6, 6.07) is 1.90. The highest BCUT2D eigenvalue weighted by molar-refractivity contribution is 7.99. The maximum absolute atomic E-state index is 12.6. The molecule has 1 N–H and O–H groups in total. The molecule has 0 amide bonds. The third kappa shape index (κ3) is 3.27. The highest BCUT2D eigenvalue weighted by atomic mass is 32.2. The first-order valence-corrected chi connectivity index (χ1v) is 5.55. The molecular formula is C10H9F3N2OS. The zero-order valence-corrected chi connectivity index (χ0v) is 9.87. The molecule has 0 aliphatic rings. The molecule has 0 saturated carbocycles. The SMILES string of the molecule is CC(C)Sc1[nH]c(=O)cc(C(F)(F)F)c1C#N. The van der Waals surface area contributed by atoms with Crippen LogP contribution in [0.3, 0.4) is 0 Å². The summed E-state index contributed by atoms with van der Waals surface area (Å²) in [6.45, 7) is 3.51. The summed E-state index contributed by atoms with van der Waals surface area (Å²) in [5.41, 5.74) is -2.58. The molecule has 3 nitrogen and oxygen atoms in total. The summed E-state index contributed by atoms with van der Waals surface area (Å²) in [7, 11) is 0. The third-order valence-corrected chi connectivity index (χ3v) is 2.79. The van der Waals surface area contributed by atoms with Crippen LogP contribution in [0.1, 0.15) is 25.0 Å². The number of aromatic amines is 1. The van der Waals surface area contributed by atoms with Gasteiger partial charge in [0.2, 0.25) is 5.56 Å². The van der Waals surface area contributed by atoms with E-state index in [9.17, 15) is 18.0 Å². The molecule has 0 saturated heterocycles. The highest BCUT2D eigenvalue weighted by Gasteiger charge is 2.35. The molecule has 1 rings (SSSR count). The Morgan fingerprint density at radius 3 is 2.47 bits per heavy atom. The molecule has 0 aliphatic heterocycles. The van der Waals surface area contributed by atoms with Gasteiger partial charge < -0.3 is 4.98 Å². The molecule has 0 unspecified atom stereocenters. The second-order valence-electron chi connectivity index (χ2n) is 3.53. The van der Waals surface area contributed by atoms with E-state index in [4.69, 9.17) is 5.26 Å². The minimum Gasteiger partial charge on any atom is -0.316 e. The van der Waals surface area contributed by atoms with Gasteiger partial charge in [0, 0.05) is 11.3 Å². The average molecular weight is 262 g/mol. The first kappa shape index (κ1) is 13.6. The van der Waals surface area contributed by atoms with Crippen molar-refractivity contribution in [3.05, 3.63) is 27.5 Å². The van der Waals surface area contributed by atoms with Gasteiger partial charge in [-0.05, 0) is 0 Å². The van der Waals surface area contributed by atoms with Crippen LogP contribution in [0.15, 0.2) is 15.9 Å². The van der Waals surface area contributed by atoms with E-state index < -0.39 is 22.9 Å². The summed E-state index contributed by atoms with van der Waals surface area (Å²) in [5, 5.41) is 8.70. The van der Waals surface area contributed by atoms with Crippen LogP contribution in [0, 0.1) is 11.3 Å². The third-order valence-electron chi connectivity index (χ3n) is 1.78. The second kappa shape index (κ2) is 4.84. The Morgan fingerprint density at radius 1 is 1.47 bits per heavy atom. The lowest BCUT2D eigenvalue weighted by Crippen LogP contribution is -2.17. The zero-order chi connectivity index (χ0) is 13.2. The quantitative estimate of drug-likeness (QED) is 0.834. The van der Waals surface area contributed by atoms with Crippen molar-refractivity contribution in [2.75, 3.05) is 0 Å². The Hall–Kier alpha value is -1.42. The number of aromatic nitrogens is 1. The molecule has 0 aromatic carbocycles. The monoisotopic (exact) mass is 262 g/mol. The number of hydrogen-bond donors (Lipinski definition) is 1. The van der Waals surface area contributed by atoms with Crippen LogP contribution in [-0.2, 0) is 6.18 Å². The van der Waals surface area contributed by atoms with Crippen molar-refractivity contribution in [3.8, 4) is 6.07 Å². The lowest BCUT2D eigenvalue weighted by molar-refractivity contribution is -0.138. The molecule has 1 aromatic heterocycles. The van der Waals surface area contributed by atoms with E-state index in [0.717, 1.165) is 11.8 Å². The summed E-state index contributed by atoms with van der Waals surface area (Å²) >= 11 is 1.02. The van der Waals surface area contributed by atoms with Crippen LogP contribution < -0.4 is 5.56 Å². The molecule has 0 atom stereocenters. The van der Waals surface area contributed by atoms with Gasteiger partial charge in [-0.25, -0.2) is 0 Å². The van der Waals surface area contributed by atoms with E-state index in [2.05, 4.69) is 4.98 Å². The Balaban J connectivity index is 3.48. The van der Waals surface area contributed by atoms with E-state index in [-0.39, 0.29) is 10.3 Å². The first-order chi connectivity index (χ1) is 7.75. The zero-order valence-electron chi connectivity index (χ0n) is 9.05. The van der Waals surface area contributed by atoms with Crippen molar-refractivity contribution in [2.45, 2.75) is 30.3 Å². The van der Waals surface area contributed by atoms with Gasteiger partial charge in [-0.3, -0.25) is 4.79 Å². The number of H-pyrrole nitrogens is 1. The van der Waals surface area contributed by atoms with Gasteiger partial charge in [-0.2, -0.15) is 18.4 Å². The van der Waals surface area contributed by atoms with E-state index in [1.54, 1.807) is 13.8 Å². The van der Waals surface area contributed by atoms with Crippen molar-refractivity contribution in [3.63, 3.8) is 0 Å². The Labute approximate surface area is 99.6 Å². The normalized spacial score (nSPS) is 11.6. The number of nitrogens with one attached hydrogen (secondary N) is 1. The van der Waals surface area contributed by atoms with E-state index in [1.165, 1.54) is 6.07 Å². The van der Waals surface area contributed by atoms with Gasteiger partial charge in [-0.15, -0.1) is 11.8 Å². The van der Waals surface area contributed by atoms with Crippen molar-refractivity contribution in [1.29, 1.82) is 5.26 Å². The van der Waals surface area contributed by atoms with E-state index in [1.807, 2.05) is 0 Å². The molecule has 0 bridgehead atoms. The minimum atomic E-state index is -4.70. The Bertz CT molecular complexity index is 514. The molecule has 92 valence electrons. The summed E-state index contributed by atoms with van der Waals surface area (Å²) in [4.78, 5) is 13.4. The fourth-order valence-electron chi connectivity index (χ4n) is 1.19.